The topological polar surface area (TPSA) is 95.9 Å². The van der Waals surface area contributed by atoms with Gasteiger partial charge in [0, 0.05) is 13.1 Å². The van der Waals surface area contributed by atoms with Gasteiger partial charge in [0.15, 0.2) is 0 Å². The smallest absolute Gasteiger partial charge is 0.490 e. The van der Waals surface area contributed by atoms with Gasteiger partial charge in [-0.1, -0.05) is 42.5 Å². The fraction of sp³-hybridized carbons (Fsp3) is 0.333. The highest BCUT2D eigenvalue weighted by molar-refractivity contribution is 5.73. The summed E-state index contributed by atoms with van der Waals surface area (Å²) in [6, 6.07) is 18.3. The fourth-order valence-electron chi connectivity index (χ4n) is 2.24. The molecular formula is C21H24F3NO5. The van der Waals surface area contributed by atoms with Gasteiger partial charge >= 0.3 is 18.1 Å². The minimum atomic E-state index is -5.08. The number of ether oxygens (including phenoxy) is 1. The highest BCUT2D eigenvalue weighted by Crippen LogP contribution is 2.14. The number of carboxylic acids is 2. The molecule has 0 aliphatic heterocycles. The van der Waals surface area contributed by atoms with Crippen LogP contribution in [0.1, 0.15) is 24.0 Å². The third-order valence-electron chi connectivity index (χ3n) is 3.73. The molecule has 0 radical (unpaired) electrons. The molecule has 0 aliphatic rings. The van der Waals surface area contributed by atoms with Crippen LogP contribution in [0.5, 0.6) is 5.75 Å². The normalized spacial score (nSPS) is 10.6. The van der Waals surface area contributed by atoms with E-state index in [1.807, 2.05) is 30.3 Å². The van der Waals surface area contributed by atoms with Crippen molar-refractivity contribution in [3.8, 4) is 5.75 Å². The van der Waals surface area contributed by atoms with Gasteiger partial charge in [0.2, 0.25) is 0 Å². The first kappa shape index (κ1) is 25.0. The van der Waals surface area contributed by atoms with Gasteiger partial charge in [0.05, 0.1) is 13.0 Å². The molecule has 164 valence electrons. The molecule has 0 saturated carbocycles. The summed E-state index contributed by atoms with van der Waals surface area (Å²) in [5.74, 6) is -2.67. The molecule has 0 heterocycles. The molecule has 2 aromatic carbocycles. The molecule has 0 atom stereocenters. The van der Waals surface area contributed by atoms with Crippen LogP contribution in [0, 0.1) is 0 Å². The SMILES string of the molecule is O=C(O)C(F)(F)F.O=C(O)CCNCc1ccc(OCCCc2ccccc2)cc1. The Hall–Kier alpha value is -3.07. The Labute approximate surface area is 172 Å². The van der Waals surface area contributed by atoms with E-state index in [1.54, 1.807) is 0 Å². The summed E-state index contributed by atoms with van der Waals surface area (Å²) in [6.07, 6.45) is -2.93. The molecule has 3 N–H and O–H groups in total. The van der Waals surface area contributed by atoms with Gasteiger partial charge < -0.3 is 20.3 Å². The Kier molecular flexibility index (Phi) is 11.0. The molecule has 0 aromatic heterocycles. The van der Waals surface area contributed by atoms with Crippen molar-refractivity contribution in [1.82, 2.24) is 5.32 Å². The molecule has 0 unspecified atom stereocenters. The molecular weight excluding hydrogens is 403 g/mol. The number of hydrogen-bond acceptors (Lipinski definition) is 4. The number of hydrogen-bond donors (Lipinski definition) is 3. The number of rotatable bonds is 10. The number of nitrogens with one attached hydrogen (secondary N) is 1. The number of aryl methyl sites for hydroxylation is 1. The van der Waals surface area contributed by atoms with Crippen molar-refractivity contribution < 1.29 is 37.7 Å². The van der Waals surface area contributed by atoms with E-state index in [1.165, 1.54) is 5.56 Å². The van der Waals surface area contributed by atoms with Gasteiger partial charge in [0.25, 0.3) is 0 Å². The highest BCUT2D eigenvalue weighted by Gasteiger charge is 2.38. The molecule has 0 amide bonds. The van der Waals surface area contributed by atoms with Crippen LogP contribution in [-0.4, -0.2) is 41.5 Å². The molecule has 30 heavy (non-hydrogen) atoms. The number of benzene rings is 2. The summed E-state index contributed by atoms with van der Waals surface area (Å²) in [7, 11) is 0. The van der Waals surface area contributed by atoms with Gasteiger partial charge in [-0.05, 0) is 36.1 Å². The number of alkyl halides is 3. The molecule has 2 aromatic rings. The highest BCUT2D eigenvalue weighted by atomic mass is 19.4. The molecule has 0 aliphatic carbocycles. The van der Waals surface area contributed by atoms with Crippen molar-refractivity contribution in [1.29, 1.82) is 0 Å². The number of halogens is 3. The van der Waals surface area contributed by atoms with Crippen LogP contribution in [0.25, 0.3) is 0 Å². The van der Waals surface area contributed by atoms with Crippen LogP contribution in [0.2, 0.25) is 0 Å². The lowest BCUT2D eigenvalue weighted by Gasteiger charge is -2.08. The fourth-order valence-corrected chi connectivity index (χ4v) is 2.24. The van der Waals surface area contributed by atoms with Crippen molar-refractivity contribution in [3.05, 3.63) is 65.7 Å². The summed E-state index contributed by atoms with van der Waals surface area (Å²) in [5.41, 5.74) is 2.45. The molecule has 0 spiro atoms. The maximum absolute atomic E-state index is 10.6. The predicted molar refractivity (Wildman–Crippen MR) is 104 cm³/mol. The monoisotopic (exact) mass is 427 g/mol. The van der Waals surface area contributed by atoms with Crippen LogP contribution >= 0.6 is 0 Å². The van der Waals surface area contributed by atoms with E-state index in [2.05, 4.69) is 29.6 Å². The first-order valence-corrected chi connectivity index (χ1v) is 9.17. The average molecular weight is 427 g/mol. The van der Waals surface area contributed by atoms with Crippen LogP contribution in [0.3, 0.4) is 0 Å². The van der Waals surface area contributed by atoms with Gasteiger partial charge in [-0.2, -0.15) is 13.2 Å². The van der Waals surface area contributed by atoms with Gasteiger partial charge in [0.1, 0.15) is 5.75 Å². The lowest BCUT2D eigenvalue weighted by molar-refractivity contribution is -0.192. The second-order valence-corrected chi connectivity index (χ2v) is 6.20. The first-order chi connectivity index (χ1) is 14.2. The maximum Gasteiger partial charge on any atom is 0.490 e. The van der Waals surface area contributed by atoms with Crippen molar-refractivity contribution in [2.24, 2.45) is 0 Å². The Morgan fingerprint density at radius 2 is 1.53 bits per heavy atom. The summed E-state index contributed by atoms with van der Waals surface area (Å²) in [4.78, 5) is 19.3. The molecule has 0 fully saturated rings. The van der Waals surface area contributed by atoms with Gasteiger partial charge in [-0.25, -0.2) is 4.79 Å². The molecule has 0 saturated heterocycles. The van der Waals surface area contributed by atoms with E-state index >= 15 is 0 Å². The molecule has 0 bridgehead atoms. The van der Waals surface area contributed by atoms with E-state index < -0.39 is 18.1 Å². The van der Waals surface area contributed by atoms with Crippen molar-refractivity contribution in [2.45, 2.75) is 32.0 Å². The Balaban J connectivity index is 0.000000553. The van der Waals surface area contributed by atoms with Gasteiger partial charge in [-0.3, -0.25) is 4.79 Å². The van der Waals surface area contributed by atoms with E-state index in [9.17, 15) is 18.0 Å². The van der Waals surface area contributed by atoms with Crippen molar-refractivity contribution in [3.63, 3.8) is 0 Å². The number of carboxylic acid groups (broad SMARTS) is 2. The largest absolute Gasteiger partial charge is 0.494 e. The second kappa shape index (κ2) is 13.2. The quantitative estimate of drug-likeness (QED) is 0.498. The third-order valence-corrected chi connectivity index (χ3v) is 3.73. The van der Waals surface area contributed by atoms with Crippen molar-refractivity contribution in [2.75, 3.05) is 13.2 Å². The second-order valence-electron chi connectivity index (χ2n) is 6.20. The van der Waals surface area contributed by atoms with E-state index in [0.29, 0.717) is 19.7 Å². The van der Waals surface area contributed by atoms with Gasteiger partial charge in [-0.15, -0.1) is 0 Å². The summed E-state index contributed by atoms with van der Waals surface area (Å²) < 4.78 is 37.5. The third kappa shape index (κ3) is 11.7. The van der Waals surface area contributed by atoms with Crippen LogP contribution in [-0.2, 0) is 22.6 Å². The van der Waals surface area contributed by atoms with Crippen LogP contribution in [0.15, 0.2) is 54.6 Å². The summed E-state index contributed by atoms with van der Waals surface area (Å²) in [5, 5.41) is 18.8. The number of carbonyl (C=O) groups is 2. The van der Waals surface area contributed by atoms with E-state index in [4.69, 9.17) is 19.7 Å². The van der Waals surface area contributed by atoms with Crippen molar-refractivity contribution >= 4 is 11.9 Å². The first-order valence-electron chi connectivity index (χ1n) is 9.17. The maximum atomic E-state index is 10.6. The minimum Gasteiger partial charge on any atom is -0.494 e. The Morgan fingerprint density at radius 1 is 0.933 bits per heavy atom. The summed E-state index contributed by atoms with van der Waals surface area (Å²) >= 11 is 0. The summed E-state index contributed by atoms with van der Waals surface area (Å²) in [6.45, 7) is 1.85. The average Bonchev–Trinajstić information content (AvgIpc) is 2.70. The van der Waals surface area contributed by atoms with Crippen LogP contribution < -0.4 is 10.1 Å². The zero-order chi connectivity index (χ0) is 22.4. The molecule has 2 rings (SSSR count). The Bertz CT molecular complexity index is 764. The predicted octanol–water partition coefficient (Wildman–Crippen LogP) is 3.90. The van der Waals surface area contributed by atoms with Crippen LogP contribution in [0.4, 0.5) is 13.2 Å². The standard InChI is InChI=1S/C19H23NO3.C2HF3O2/c21-19(22)12-13-20-15-17-8-10-18(11-9-17)23-14-4-7-16-5-2-1-3-6-16;3-2(4,5)1(6)7/h1-3,5-6,8-11,20H,4,7,12-15H2,(H,21,22);(H,6,7). The molecule has 6 nitrogen and oxygen atoms in total. The van der Waals surface area contributed by atoms with E-state index in [0.717, 1.165) is 24.2 Å². The lowest BCUT2D eigenvalue weighted by atomic mass is 10.1. The van der Waals surface area contributed by atoms with E-state index in [-0.39, 0.29) is 6.42 Å². The zero-order valence-corrected chi connectivity index (χ0v) is 16.2. The number of aliphatic carboxylic acids is 2. The minimum absolute atomic E-state index is 0.141. The molecule has 9 heteroatoms. The zero-order valence-electron chi connectivity index (χ0n) is 16.2. The lowest BCUT2D eigenvalue weighted by Crippen LogP contribution is -2.21. The Morgan fingerprint density at radius 3 is 2.07 bits per heavy atom.